The third kappa shape index (κ3) is 2.38. The summed E-state index contributed by atoms with van der Waals surface area (Å²) in [6, 6.07) is 22.1. The SMILES string of the molecule is C=CC(C)[Si](c1ccccc1)(c1ccccc1)C(C)C. The molecule has 1 atom stereocenters. The van der Waals surface area contributed by atoms with Crippen LogP contribution in [0.2, 0.25) is 11.1 Å². The van der Waals surface area contributed by atoms with E-state index in [1.54, 1.807) is 0 Å². The molecule has 0 saturated carbocycles. The second-order valence-electron chi connectivity index (χ2n) is 5.78. The Bertz CT molecular complexity index is 503. The van der Waals surface area contributed by atoms with Crippen LogP contribution in [0.25, 0.3) is 0 Å². The molecule has 0 radical (unpaired) electrons. The monoisotopic (exact) mass is 280 g/mol. The van der Waals surface area contributed by atoms with Gasteiger partial charge in [-0.1, -0.05) is 97.9 Å². The van der Waals surface area contributed by atoms with Crippen LogP contribution in [0.3, 0.4) is 0 Å². The zero-order valence-electron chi connectivity index (χ0n) is 12.7. The van der Waals surface area contributed by atoms with Gasteiger partial charge < -0.3 is 0 Å². The maximum absolute atomic E-state index is 4.09. The van der Waals surface area contributed by atoms with Gasteiger partial charge in [-0.25, -0.2) is 0 Å². The summed E-state index contributed by atoms with van der Waals surface area (Å²) in [6.45, 7) is 11.2. The fourth-order valence-electron chi connectivity index (χ4n) is 3.50. The highest BCUT2D eigenvalue weighted by Crippen LogP contribution is 2.33. The largest absolute Gasteiger partial charge is 0.126 e. The lowest BCUT2D eigenvalue weighted by molar-refractivity contribution is 0.972. The first-order valence-electron chi connectivity index (χ1n) is 7.37. The average Bonchev–Trinajstić information content (AvgIpc) is 2.49. The first-order chi connectivity index (χ1) is 9.64. The van der Waals surface area contributed by atoms with Gasteiger partial charge in [0.2, 0.25) is 0 Å². The van der Waals surface area contributed by atoms with Crippen molar-refractivity contribution < 1.29 is 0 Å². The highest BCUT2D eigenvalue weighted by atomic mass is 28.3. The van der Waals surface area contributed by atoms with Gasteiger partial charge in [0, 0.05) is 0 Å². The lowest BCUT2D eigenvalue weighted by atomic mass is 10.3. The summed E-state index contributed by atoms with van der Waals surface area (Å²) in [5, 5.41) is 3.02. The van der Waals surface area contributed by atoms with Gasteiger partial charge in [0.25, 0.3) is 0 Å². The molecule has 0 amide bonds. The van der Waals surface area contributed by atoms with Crippen molar-refractivity contribution in [2.45, 2.75) is 31.9 Å². The molecule has 1 unspecified atom stereocenters. The predicted molar refractivity (Wildman–Crippen MR) is 92.6 cm³/mol. The smallest absolute Gasteiger partial charge is 0.103 e. The van der Waals surface area contributed by atoms with E-state index in [1.807, 2.05) is 0 Å². The van der Waals surface area contributed by atoms with Gasteiger partial charge in [-0.2, -0.15) is 0 Å². The Morgan fingerprint density at radius 2 is 1.20 bits per heavy atom. The molecule has 0 spiro atoms. The normalized spacial score (nSPS) is 13.2. The maximum atomic E-state index is 4.09. The summed E-state index contributed by atoms with van der Waals surface area (Å²) >= 11 is 0. The molecule has 0 saturated heterocycles. The average molecular weight is 280 g/mol. The first-order valence-corrected chi connectivity index (χ1v) is 9.53. The molecule has 2 aromatic carbocycles. The molecule has 0 aromatic heterocycles. The zero-order valence-corrected chi connectivity index (χ0v) is 13.7. The molecule has 0 heterocycles. The number of hydrogen-bond donors (Lipinski definition) is 0. The third-order valence-corrected chi connectivity index (χ3v) is 10.6. The Balaban J connectivity index is 2.73. The Labute approximate surface area is 124 Å². The minimum Gasteiger partial charge on any atom is -0.103 e. The van der Waals surface area contributed by atoms with Crippen molar-refractivity contribution in [3.8, 4) is 0 Å². The van der Waals surface area contributed by atoms with Crippen molar-refractivity contribution in [3.05, 3.63) is 73.3 Å². The molecular weight excluding hydrogens is 256 g/mol. The van der Waals surface area contributed by atoms with Gasteiger partial charge in [0.15, 0.2) is 0 Å². The minimum absolute atomic E-state index is 0.507. The maximum Gasteiger partial charge on any atom is 0.126 e. The molecule has 20 heavy (non-hydrogen) atoms. The van der Waals surface area contributed by atoms with Crippen LogP contribution in [0, 0.1) is 0 Å². The molecule has 2 aromatic rings. The van der Waals surface area contributed by atoms with E-state index in [4.69, 9.17) is 0 Å². The highest BCUT2D eigenvalue weighted by molar-refractivity contribution is 7.04. The van der Waals surface area contributed by atoms with Gasteiger partial charge in [-0.05, 0) is 11.1 Å². The van der Waals surface area contributed by atoms with Gasteiger partial charge in [-0.3, -0.25) is 0 Å². The lowest BCUT2D eigenvalue weighted by Gasteiger charge is -2.40. The van der Waals surface area contributed by atoms with Crippen LogP contribution in [-0.2, 0) is 0 Å². The Hall–Kier alpha value is -1.60. The van der Waals surface area contributed by atoms with Crippen molar-refractivity contribution in [1.82, 2.24) is 0 Å². The summed E-state index contributed by atoms with van der Waals surface area (Å²) in [5.41, 5.74) is 1.13. The number of allylic oxidation sites excluding steroid dienone is 1. The highest BCUT2D eigenvalue weighted by Gasteiger charge is 2.43. The first kappa shape index (κ1) is 14.8. The predicted octanol–water partition coefficient (Wildman–Crippen LogP) is 4.24. The summed E-state index contributed by atoms with van der Waals surface area (Å²) < 4.78 is 0. The van der Waals surface area contributed by atoms with Crippen molar-refractivity contribution in [2.75, 3.05) is 0 Å². The summed E-state index contributed by atoms with van der Waals surface area (Å²) in [6.07, 6.45) is 2.15. The van der Waals surface area contributed by atoms with Gasteiger partial charge in [0.05, 0.1) is 0 Å². The second kappa shape index (κ2) is 6.23. The fraction of sp³-hybridized carbons (Fsp3) is 0.263. The molecule has 0 nitrogen and oxygen atoms in total. The Morgan fingerprint density at radius 3 is 1.50 bits per heavy atom. The number of benzene rings is 2. The lowest BCUT2D eigenvalue weighted by Crippen LogP contribution is -2.62. The van der Waals surface area contributed by atoms with E-state index in [0.29, 0.717) is 11.1 Å². The summed E-state index contributed by atoms with van der Waals surface area (Å²) in [7, 11) is -1.85. The second-order valence-corrected chi connectivity index (χ2v) is 10.7. The molecular formula is C19H24Si. The van der Waals surface area contributed by atoms with E-state index in [2.05, 4.69) is 94.1 Å². The van der Waals surface area contributed by atoms with Crippen LogP contribution in [0.15, 0.2) is 73.3 Å². The molecule has 0 N–H and O–H groups in total. The van der Waals surface area contributed by atoms with Crippen LogP contribution < -0.4 is 10.4 Å². The summed E-state index contributed by atoms with van der Waals surface area (Å²) in [4.78, 5) is 0. The van der Waals surface area contributed by atoms with Crippen molar-refractivity contribution >= 4 is 18.4 Å². The molecule has 0 aliphatic heterocycles. The number of hydrogen-bond acceptors (Lipinski definition) is 0. The van der Waals surface area contributed by atoms with E-state index in [0.717, 1.165) is 0 Å². The van der Waals surface area contributed by atoms with Crippen LogP contribution in [0.5, 0.6) is 0 Å². The third-order valence-electron chi connectivity index (χ3n) is 4.49. The molecule has 104 valence electrons. The topological polar surface area (TPSA) is 0 Å². The van der Waals surface area contributed by atoms with Gasteiger partial charge >= 0.3 is 0 Å². The fourth-order valence-corrected chi connectivity index (χ4v) is 9.13. The van der Waals surface area contributed by atoms with Crippen molar-refractivity contribution in [1.29, 1.82) is 0 Å². The van der Waals surface area contributed by atoms with Crippen LogP contribution in [0.4, 0.5) is 0 Å². The van der Waals surface area contributed by atoms with E-state index < -0.39 is 8.07 Å². The van der Waals surface area contributed by atoms with E-state index in [-0.39, 0.29) is 0 Å². The Morgan fingerprint density at radius 1 is 0.800 bits per heavy atom. The minimum atomic E-state index is -1.85. The van der Waals surface area contributed by atoms with Crippen molar-refractivity contribution in [3.63, 3.8) is 0 Å². The molecule has 1 heteroatoms. The summed E-state index contributed by atoms with van der Waals surface area (Å²) in [5.74, 6) is 0. The van der Waals surface area contributed by atoms with E-state index in [9.17, 15) is 0 Å². The van der Waals surface area contributed by atoms with E-state index >= 15 is 0 Å². The number of rotatable bonds is 5. The van der Waals surface area contributed by atoms with E-state index in [1.165, 1.54) is 10.4 Å². The van der Waals surface area contributed by atoms with Crippen LogP contribution >= 0.6 is 0 Å². The van der Waals surface area contributed by atoms with Gasteiger partial charge in [0.1, 0.15) is 8.07 Å². The molecule has 0 fully saturated rings. The zero-order chi connectivity index (χ0) is 14.6. The van der Waals surface area contributed by atoms with Crippen LogP contribution in [-0.4, -0.2) is 8.07 Å². The van der Waals surface area contributed by atoms with Crippen molar-refractivity contribution in [2.24, 2.45) is 0 Å². The molecule has 0 aliphatic rings. The van der Waals surface area contributed by atoms with Gasteiger partial charge in [-0.15, -0.1) is 6.58 Å². The standard InChI is InChI=1S/C19H24Si/c1-5-17(4)20(16(2)3,18-12-8-6-9-13-18)19-14-10-7-11-15-19/h5-17H,1H2,2-4H3. The molecule has 0 bridgehead atoms. The van der Waals surface area contributed by atoms with Crippen LogP contribution in [0.1, 0.15) is 20.8 Å². The molecule has 0 aliphatic carbocycles. The quantitative estimate of drug-likeness (QED) is 0.568. The Kier molecular flexibility index (Phi) is 4.61. The molecule has 2 rings (SSSR count).